The summed E-state index contributed by atoms with van der Waals surface area (Å²) in [4.78, 5) is 14.3. The molecule has 0 unspecified atom stereocenters. The average Bonchev–Trinajstić information content (AvgIpc) is 3.20. The van der Waals surface area contributed by atoms with Gasteiger partial charge in [0.05, 0.1) is 18.8 Å². The Bertz CT molecular complexity index is 900. The van der Waals surface area contributed by atoms with Gasteiger partial charge in [-0.15, -0.1) is 5.10 Å². The van der Waals surface area contributed by atoms with Crippen LogP contribution in [0.3, 0.4) is 0 Å². The van der Waals surface area contributed by atoms with Crippen molar-refractivity contribution in [3.63, 3.8) is 0 Å². The lowest BCUT2D eigenvalue weighted by Crippen LogP contribution is -2.48. The van der Waals surface area contributed by atoms with Gasteiger partial charge in [-0.1, -0.05) is 17.3 Å². The molecule has 0 bridgehead atoms. The molecule has 1 fully saturated rings. The summed E-state index contributed by atoms with van der Waals surface area (Å²) < 4.78 is 26.4. The van der Waals surface area contributed by atoms with Gasteiger partial charge < -0.3 is 20.1 Å². The minimum atomic E-state index is -0.266. The number of methoxy groups -OCH3 is 1. The van der Waals surface area contributed by atoms with Crippen molar-refractivity contribution in [3.8, 4) is 0 Å². The molecule has 0 radical (unpaired) electrons. The maximum atomic E-state index is 13.5. The number of nitrogens with one attached hydrogen (secondary N) is 2. The maximum absolute atomic E-state index is 13.5. The number of carbonyl (C=O) groups is 1. The SMILES string of the molecule is COCCCNC(=O)NC1CCN(Cc2nnn3c2CO[C@@H](c2cccc(F)c2)C3)CC1. The van der Waals surface area contributed by atoms with E-state index in [0.717, 1.165) is 49.3 Å². The zero-order valence-electron chi connectivity index (χ0n) is 18.4. The van der Waals surface area contributed by atoms with Crippen LogP contribution in [0, 0.1) is 5.82 Å². The number of urea groups is 1. The number of fused-ring (bicyclic) bond motifs is 1. The van der Waals surface area contributed by atoms with E-state index in [0.29, 0.717) is 32.8 Å². The van der Waals surface area contributed by atoms with Gasteiger partial charge in [-0.2, -0.15) is 0 Å². The third-order valence-electron chi connectivity index (χ3n) is 6.01. The van der Waals surface area contributed by atoms with Crippen molar-refractivity contribution >= 4 is 6.03 Å². The monoisotopic (exact) mass is 446 g/mol. The van der Waals surface area contributed by atoms with Gasteiger partial charge >= 0.3 is 6.03 Å². The van der Waals surface area contributed by atoms with Crippen molar-refractivity contribution in [3.05, 3.63) is 47.0 Å². The number of likely N-dealkylation sites (tertiary alicyclic amines) is 1. The van der Waals surface area contributed by atoms with Gasteiger partial charge in [0, 0.05) is 45.9 Å². The van der Waals surface area contributed by atoms with Crippen molar-refractivity contribution in [2.75, 3.05) is 33.4 Å². The van der Waals surface area contributed by atoms with Crippen molar-refractivity contribution in [1.29, 1.82) is 0 Å². The second-order valence-electron chi connectivity index (χ2n) is 8.32. The molecule has 1 aromatic heterocycles. The third kappa shape index (κ3) is 5.81. The Balaban J connectivity index is 1.23. The molecular formula is C22H31FN6O3. The van der Waals surface area contributed by atoms with Gasteiger partial charge in [0.2, 0.25) is 0 Å². The number of piperidine rings is 1. The summed E-state index contributed by atoms with van der Waals surface area (Å²) in [6.07, 6.45) is 2.37. The Labute approximate surface area is 187 Å². The van der Waals surface area contributed by atoms with Crippen LogP contribution in [0.25, 0.3) is 0 Å². The highest BCUT2D eigenvalue weighted by atomic mass is 19.1. The van der Waals surface area contributed by atoms with Crippen molar-refractivity contribution in [2.45, 2.75) is 51.1 Å². The molecule has 1 aromatic carbocycles. The smallest absolute Gasteiger partial charge is 0.315 e. The zero-order chi connectivity index (χ0) is 22.3. The molecule has 2 aromatic rings. The predicted octanol–water partition coefficient (Wildman–Crippen LogP) is 1.99. The quantitative estimate of drug-likeness (QED) is 0.603. The molecule has 4 rings (SSSR count). The Hall–Kier alpha value is -2.56. The summed E-state index contributed by atoms with van der Waals surface area (Å²) in [6, 6.07) is 6.56. The largest absolute Gasteiger partial charge is 0.385 e. The minimum absolute atomic E-state index is 0.114. The standard InChI is InChI=1S/C22H31FN6O3/c1-31-11-3-8-24-22(30)25-18-6-9-28(10-7-18)13-19-20-15-32-21(14-29(20)27-26-19)16-4-2-5-17(23)12-16/h2,4-5,12,18,21H,3,6-11,13-15H2,1H3,(H2,24,25,30)/t21-/m1/s1. The second kappa shape index (κ2) is 10.8. The van der Waals surface area contributed by atoms with Gasteiger partial charge in [-0.25, -0.2) is 13.9 Å². The first-order valence-corrected chi connectivity index (χ1v) is 11.2. The van der Waals surface area contributed by atoms with Crippen LogP contribution < -0.4 is 10.6 Å². The molecule has 0 saturated carbocycles. The lowest BCUT2D eigenvalue weighted by Gasteiger charge is -2.32. The van der Waals surface area contributed by atoms with Crippen LogP contribution in [0.4, 0.5) is 9.18 Å². The maximum Gasteiger partial charge on any atom is 0.315 e. The molecule has 0 spiro atoms. The minimum Gasteiger partial charge on any atom is -0.385 e. The Morgan fingerprint density at radius 2 is 2.19 bits per heavy atom. The third-order valence-corrected chi connectivity index (χ3v) is 6.01. The highest BCUT2D eigenvalue weighted by Gasteiger charge is 2.27. The highest BCUT2D eigenvalue weighted by molar-refractivity contribution is 5.74. The van der Waals surface area contributed by atoms with Crippen LogP contribution in [0.1, 0.15) is 42.3 Å². The number of nitrogens with zero attached hydrogens (tertiary/aromatic N) is 4. The number of hydrogen-bond acceptors (Lipinski definition) is 6. The summed E-state index contributed by atoms with van der Waals surface area (Å²) in [5.74, 6) is -0.266. The molecule has 1 saturated heterocycles. The Morgan fingerprint density at radius 1 is 1.34 bits per heavy atom. The molecule has 9 nitrogen and oxygen atoms in total. The fourth-order valence-corrected chi connectivity index (χ4v) is 4.20. The van der Waals surface area contributed by atoms with E-state index in [4.69, 9.17) is 9.47 Å². The predicted molar refractivity (Wildman–Crippen MR) is 115 cm³/mol. The molecular weight excluding hydrogens is 415 g/mol. The molecule has 2 N–H and O–H groups in total. The van der Waals surface area contributed by atoms with E-state index in [1.165, 1.54) is 12.1 Å². The van der Waals surface area contributed by atoms with Crippen molar-refractivity contribution in [2.24, 2.45) is 0 Å². The Morgan fingerprint density at radius 3 is 2.97 bits per heavy atom. The normalized spacial score (nSPS) is 19.5. The molecule has 32 heavy (non-hydrogen) atoms. The number of ether oxygens (including phenoxy) is 2. The summed E-state index contributed by atoms with van der Waals surface area (Å²) in [6.45, 7) is 4.66. The van der Waals surface area contributed by atoms with E-state index in [9.17, 15) is 9.18 Å². The first kappa shape index (κ1) is 22.6. The molecule has 3 heterocycles. The van der Waals surface area contributed by atoms with Gasteiger partial charge in [0.25, 0.3) is 0 Å². The Kier molecular flexibility index (Phi) is 7.67. The van der Waals surface area contributed by atoms with E-state index in [2.05, 4.69) is 25.8 Å². The summed E-state index contributed by atoms with van der Waals surface area (Å²) in [5.41, 5.74) is 2.71. The topological polar surface area (TPSA) is 93.5 Å². The van der Waals surface area contributed by atoms with Crippen LogP contribution in [0.2, 0.25) is 0 Å². The fourth-order valence-electron chi connectivity index (χ4n) is 4.20. The summed E-state index contributed by atoms with van der Waals surface area (Å²) >= 11 is 0. The molecule has 2 aliphatic heterocycles. The molecule has 1 atom stereocenters. The van der Waals surface area contributed by atoms with E-state index in [-0.39, 0.29) is 24.0 Å². The first-order chi connectivity index (χ1) is 15.6. The molecule has 2 amide bonds. The number of benzene rings is 1. The van der Waals surface area contributed by atoms with E-state index < -0.39 is 0 Å². The van der Waals surface area contributed by atoms with Crippen LogP contribution in [0.5, 0.6) is 0 Å². The first-order valence-electron chi connectivity index (χ1n) is 11.2. The summed E-state index contributed by atoms with van der Waals surface area (Å²) in [7, 11) is 1.65. The molecule has 10 heteroatoms. The van der Waals surface area contributed by atoms with Crippen LogP contribution in [0.15, 0.2) is 24.3 Å². The second-order valence-corrected chi connectivity index (χ2v) is 8.32. The summed E-state index contributed by atoms with van der Waals surface area (Å²) in [5, 5.41) is 14.6. The number of aromatic nitrogens is 3. The molecule has 174 valence electrons. The zero-order valence-corrected chi connectivity index (χ0v) is 18.4. The van der Waals surface area contributed by atoms with Crippen molar-refractivity contribution < 1.29 is 18.7 Å². The van der Waals surface area contributed by atoms with E-state index in [1.54, 1.807) is 13.2 Å². The lowest BCUT2D eigenvalue weighted by atomic mass is 10.0. The fraction of sp³-hybridized carbons (Fsp3) is 0.591. The van der Waals surface area contributed by atoms with Gasteiger partial charge in [0.15, 0.2) is 0 Å². The number of halogens is 1. The number of amides is 2. The number of rotatable bonds is 8. The van der Waals surface area contributed by atoms with Crippen LogP contribution in [-0.2, 0) is 29.2 Å². The number of carbonyl (C=O) groups excluding carboxylic acids is 1. The van der Waals surface area contributed by atoms with Crippen LogP contribution >= 0.6 is 0 Å². The molecule has 0 aliphatic carbocycles. The van der Waals surface area contributed by atoms with Crippen molar-refractivity contribution in [1.82, 2.24) is 30.5 Å². The lowest BCUT2D eigenvalue weighted by molar-refractivity contribution is -0.00232. The highest BCUT2D eigenvalue weighted by Crippen LogP contribution is 2.28. The van der Waals surface area contributed by atoms with E-state index in [1.807, 2.05) is 10.7 Å². The van der Waals surface area contributed by atoms with Gasteiger partial charge in [0.1, 0.15) is 17.6 Å². The van der Waals surface area contributed by atoms with Gasteiger partial charge in [-0.3, -0.25) is 4.90 Å². The molecule has 2 aliphatic rings. The average molecular weight is 447 g/mol. The number of hydrogen-bond donors (Lipinski definition) is 2. The van der Waals surface area contributed by atoms with E-state index >= 15 is 0 Å². The van der Waals surface area contributed by atoms with Gasteiger partial charge in [-0.05, 0) is 37.0 Å². The van der Waals surface area contributed by atoms with Crippen LogP contribution in [-0.4, -0.2) is 65.3 Å².